The van der Waals surface area contributed by atoms with Crippen molar-refractivity contribution in [3.8, 4) is 0 Å². The summed E-state index contributed by atoms with van der Waals surface area (Å²) in [7, 11) is -3.29. The molecular weight excluding hydrogens is 164 g/mol. The Hall–Kier alpha value is -0.670. The number of hydrogen-bond donors (Lipinski definition) is 0. The summed E-state index contributed by atoms with van der Waals surface area (Å²) in [5.41, 5.74) is 0. The van der Waals surface area contributed by atoms with Gasteiger partial charge >= 0.3 is 0 Å². The molecule has 0 saturated carbocycles. The zero-order chi connectivity index (χ0) is 8.74. The largest absolute Gasteiger partial charge is 0.259 e. The van der Waals surface area contributed by atoms with Gasteiger partial charge in [-0.25, -0.2) is 13.4 Å². The van der Waals surface area contributed by atoms with Gasteiger partial charge in [0.1, 0.15) is 6.01 Å². The Morgan fingerprint density at radius 2 is 2.09 bits per heavy atom. The van der Waals surface area contributed by atoms with Crippen molar-refractivity contribution in [3.63, 3.8) is 0 Å². The number of sulfonamides is 1. The lowest BCUT2D eigenvalue weighted by Gasteiger charge is -1.83. The van der Waals surface area contributed by atoms with Crippen LogP contribution >= 0.6 is 0 Å². The van der Waals surface area contributed by atoms with Gasteiger partial charge in [0.25, 0.3) is 10.0 Å². The summed E-state index contributed by atoms with van der Waals surface area (Å²) in [5.74, 6) is 0. The van der Waals surface area contributed by atoms with Crippen molar-refractivity contribution in [3.05, 3.63) is 0 Å². The predicted octanol–water partition coefficient (Wildman–Crippen LogP) is 0.920. The van der Waals surface area contributed by atoms with Crippen LogP contribution in [0.25, 0.3) is 0 Å². The zero-order valence-corrected chi connectivity index (χ0v) is 7.56. The third kappa shape index (κ3) is 9.33. The molecule has 0 aromatic rings. The van der Waals surface area contributed by atoms with Crippen LogP contribution < -0.4 is 0 Å². The molecule has 0 radical (unpaired) electrons. The quantitative estimate of drug-likeness (QED) is 0.472. The van der Waals surface area contributed by atoms with Crippen LogP contribution in [0.1, 0.15) is 19.8 Å². The molecule has 0 amide bonds. The molecule has 4 nitrogen and oxygen atoms in total. The summed E-state index contributed by atoms with van der Waals surface area (Å²) in [6.45, 7) is 2.62. The minimum atomic E-state index is -3.29. The van der Waals surface area contributed by atoms with Crippen molar-refractivity contribution in [2.75, 3.05) is 12.8 Å². The summed E-state index contributed by atoms with van der Waals surface area (Å²) >= 11 is 0. The molecule has 0 saturated heterocycles. The Morgan fingerprint density at radius 1 is 1.45 bits per heavy atom. The van der Waals surface area contributed by atoms with Crippen LogP contribution in [-0.4, -0.2) is 27.2 Å². The second-order valence-electron chi connectivity index (χ2n) is 2.16. The maximum Gasteiger partial charge on any atom is 0.259 e. The summed E-state index contributed by atoms with van der Waals surface area (Å²) in [4.78, 5) is 3.65. The molecule has 0 aliphatic rings. The first-order valence-corrected chi connectivity index (χ1v) is 5.24. The lowest BCUT2D eigenvalue weighted by atomic mass is 10.3. The number of unbranched alkanes of at least 4 members (excludes halogenated alkanes) is 1. The average molecular weight is 176 g/mol. The zero-order valence-electron chi connectivity index (χ0n) is 6.74. The fourth-order valence-electron chi connectivity index (χ4n) is 0.390. The van der Waals surface area contributed by atoms with E-state index in [9.17, 15) is 8.42 Å². The van der Waals surface area contributed by atoms with E-state index in [1.807, 2.05) is 6.92 Å². The van der Waals surface area contributed by atoms with E-state index in [1.54, 1.807) is 0 Å². The van der Waals surface area contributed by atoms with Crippen LogP contribution in [0.5, 0.6) is 0 Å². The minimum Gasteiger partial charge on any atom is -0.225 e. The van der Waals surface area contributed by atoms with E-state index in [1.165, 1.54) is 0 Å². The number of hydrogen-bond acceptors (Lipinski definition) is 3. The topological polar surface area (TPSA) is 58.9 Å². The highest BCUT2D eigenvalue weighted by Gasteiger charge is 1.90. The molecule has 0 aromatic carbocycles. The van der Waals surface area contributed by atoms with E-state index in [-0.39, 0.29) is 0 Å². The Kier molecular flexibility index (Phi) is 4.74. The Morgan fingerprint density at radius 3 is 2.55 bits per heavy atom. The molecule has 11 heavy (non-hydrogen) atoms. The SMILES string of the molecule is CCCCN=C=NS(C)(=O)=O. The average Bonchev–Trinajstić information content (AvgIpc) is 1.85. The molecule has 0 aliphatic carbocycles. The van der Waals surface area contributed by atoms with Crippen LogP contribution in [-0.2, 0) is 10.0 Å². The first-order chi connectivity index (χ1) is 5.06. The Labute approximate surface area is 67.1 Å². The molecule has 0 atom stereocenters. The third-order valence-electron chi connectivity index (χ3n) is 0.901. The smallest absolute Gasteiger partial charge is 0.225 e. The third-order valence-corrected chi connectivity index (χ3v) is 1.31. The van der Waals surface area contributed by atoms with Crippen LogP contribution in [0.3, 0.4) is 0 Å². The molecule has 0 fully saturated rings. The summed E-state index contributed by atoms with van der Waals surface area (Å²) < 4.78 is 23.8. The van der Waals surface area contributed by atoms with Crippen molar-refractivity contribution in [1.29, 1.82) is 0 Å². The number of rotatable bonds is 4. The Balaban J connectivity index is 3.83. The van der Waals surface area contributed by atoms with Gasteiger partial charge in [-0.1, -0.05) is 17.7 Å². The van der Waals surface area contributed by atoms with Gasteiger partial charge in [-0.2, -0.15) is 0 Å². The van der Waals surface area contributed by atoms with Crippen molar-refractivity contribution >= 4 is 16.0 Å². The highest BCUT2D eigenvalue weighted by Crippen LogP contribution is 1.85. The second-order valence-corrected chi connectivity index (χ2v) is 3.81. The van der Waals surface area contributed by atoms with Crippen LogP contribution in [0.4, 0.5) is 0 Å². The molecule has 0 aliphatic heterocycles. The molecule has 64 valence electrons. The summed E-state index contributed by atoms with van der Waals surface area (Å²) in [5, 5.41) is 0. The maximum atomic E-state index is 10.4. The minimum absolute atomic E-state index is 0.593. The summed E-state index contributed by atoms with van der Waals surface area (Å²) in [6.07, 6.45) is 2.98. The van der Waals surface area contributed by atoms with Gasteiger partial charge in [0.2, 0.25) is 0 Å². The highest BCUT2D eigenvalue weighted by molar-refractivity contribution is 7.89. The van der Waals surface area contributed by atoms with E-state index >= 15 is 0 Å². The molecule has 0 aromatic heterocycles. The summed E-state index contributed by atoms with van der Waals surface area (Å²) in [6, 6.07) is 2.12. The van der Waals surface area contributed by atoms with E-state index in [0.717, 1.165) is 19.1 Å². The normalized spacial score (nSPS) is 10.4. The fourth-order valence-corrected chi connectivity index (χ4v) is 0.596. The van der Waals surface area contributed by atoms with Gasteiger partial charge in [0, 0.05) is 6.54 Å². The molecule has 5 heteroatoms. The Bertz CT molecular complexity index is 250. The first kappa shape index (κ1) is 10.3. The molecule has 0 spiro atoms. The van der Waals surface area contributed by atoms with E-state index in [4.69, 9.17) is 0 Å². The molecule has 0 bridgehead atoms. The van der Waals surface area contributed by atoms with Crippen molar-refractivity contribution < 1.29 is 8.42 Å². The van der Waals surface area contributed by atoms with Gasteiger partial charge < -0.3 is 0 Å². The molecular formula is C6H12N2O2S. The van der Waals surface area contributed by atoms with Gasteiger partial charge in [0.05, 0.1) is 6.26 Å². The van der Waals surface area contributed by atoms with E-state index in [2.05, 4.69) is 15.4 Å². The lowest BCUT2D eigenvalue weighted by molar-refractivity contribution is 0.604. The molecule has 0 unspecified atom stereocenters. The van der Waals surface area contributed by atoms with Crippen molar-refractivity contribution in [2.45, 2.75) is 19.8 Å². The van der Waals surface area contributed by atoms with Crippen LogP contribution in [0, 0.1) is 0 Å². The molecule has 0 N–H and O–H groups in total. The second kappa shape index (κ2) is 5.04. The predicted molar refractivity (Wildman–Crippen MR) is 44.5 cm³/mol. The standard InChI is InChI=1S/C6H12N2O2S/c1-3-4-5-7-6-8-11(2,9)10/h3-5H2,1-2H3. The first-order valence-electron chi connectivity index (χ1n) is 3.39. The van der Waals surface area contributed by atoms with Gasteiger partial charge in [-0.05, 0) is 6.42 Å². The molecule has 0 rings (SSSR count). The van der Waals surface area contributed by atoms with E-state index in [0.29, 0.717) is 6.54 Å². The number of nitrogens with zero attached hydrogens (tertiary/aromatic N) is 2. The molecule has 0 heterocycles. The van der Waals surface area contributed by atoms with Crippen LogP contribution in [0.15, 0.2) is 9.39 Å². The highest BCUT2D eigenvalue weighted by atomic mass is 32.2. The fraction of sp³-hybridized carbons (Fsp3) is 0.833. The van der Waals surface area contributed by atoms with Gasteiger partial charge in [0.15, 0.2) is 0 Å². The van der Waals surface area contributed by atoms with Gasteiger partial charge in [-0.15, -0.1) is 0 Å². The maximum absolute atomic E-state index is 10.4. The number of aliphatic imine (C=N–C) groups is 1. The van der Waals surface area contributed by atoms with E-state index < -0.39 is 10.0 Å². The van der Waals surface area contributed by atoms with Crippen molar-refractivity contribution in [2.24, 2.45) is 9.39 Å². The monoisotopic (exact) mass is 176 g/mol. The lowest BCUT2D eigenvalue weighted by Crippen LogP contribution is -1.87. The van der Waals surface area contributed by atoms with Gasteiger partial charge in [-0.3, -0.25) is 0 Å². The van der Waals surface area contributed by atoms with Crippen molar-refractivity contribution in [1.82, 2.24) is 0 Å². The van der Waals surface area contributed by atoms with Crippen LogP contribution in [0.2, 0.25) is 0 Å².